The fraction of sp³-hybridized carbons (Fsp3) is 0.986. The second kappa shape index (κ2) is 55.6. The van der Waals surface area contributed by atoms with Crippen LogP contribution >= 0.6 is 0 Å². The summed E-state index contributed by atoms with van der Waals surface area (Å²) in [5.74, 6) is -0.236. The summed E-state index contributed by atoms with van der Waals surface area (Å²) in [7, 11) is 0. The lowest BCUT2D eigenvalue weighted by molar-refractivity contribution is -0.379. The third kappa shape index (κ3) is 36.6. The molecule has 19 heteroatoms. The maximum absolute atomic E-state index is 13.4. The number of hydrogen-bond donors (Lipinski definition) is 12. The quantitative estimate of drug-likeness (QED) is 0.0252. The van der Waals surface area contributed by atoms with Gasteiger partial charge >= 0.3 is 0 Å². The predicted octanol–water partition coefficient (Wildman–Crippen LogP) is 11.5. The molecular formula is C73H141NO18. The maximum atomic E-state index is 13.4. The van der Waals surface area contributed by atoms with Gasteiger partial charge in [0.2, 0.25) is 5.91 Å². The van der Waals surface area contributed by atoms with Crippen LogP contribution in [0, 0.1) is 0 Å². The number of nitrogens with one attached hydrogen (secondary N) is 1. The van der Waals surface area contributed by atoms with Gasteiger partial charge in [-0.1, -0.05) is 309 Å². The fourth-order valence-corrected chi connectivity index (χ4v) is 13.5. The van der Waals surface area contributed by atoms with Crippen LogP contribution in [0.5, 0.6) is 0 Å². The van der Waals surface area contributed by atoms with Gasteiger partial charge in [-0.25, -0.2) is 0 Å². The van der Waals surface area contributed by atoms with Gasteiger partial charge in [0.05, 0.1) is 38.6 Å². The van der Waals surface area contributed by atoms with E-state index in [9.17, 15) is 61.0 Å². The molecule has 3 aliphatic rings. The summed E-state index contributed by atoms with van der Waals surface area (Å²) in [4.78, 5) is 13.4. The van der Waals surface area contributed by atoms with Crippen LogP contribution < -0.4 is 5.32 Å². The zero-order chi connectivity index (χ0) is 66.8. The van der Waals surface area contributed by atoms with Crippen molar-refractivity contribution >= 4 is 5.91 Å². The third-order valence-corrected chi connectivity index (χ3v) is 19.7. The van der Waals surface area contributed by atoms with Crippen LogP contribution in [0.1, 0.15) is 328 Å². The van der Waals surface area contributed by atoms with Gasteiger partial charge in [-0.3, -0.25) is 4.79 Å². The van der Waals surface area contributed by atoms with Crippen molar-refractivity contribution in [3.63, 3.8) is 0 Å². The maximum Gasteiger partial charge on any atom is 0.220 e. The molecule has 3 saturated heterocycles. The van der Waals surface area contributed by atoms with Crippen molar-refractivity contribution in [2.24, 2.45) is 0 Å². The number of carbonyl (C=O) groups is 1. The van der Waals surface area contributed by atoms with Crippen molar-refractivity contribution in [1.82, 2.24) is 5.32 Å². The molecule has 3 aliphatic heterocycles. The van der Waals surface area contributed by atoms with E-state index in [4.69, 9.17) is 28.4 Å². The molecule has 92 heavy (non-hydrogen) atoms. The van der Waals surface area contributed by atoms with E-state index in [-0.39, 0.29) is 18.9 Å². The van der Waals surface area contributed by atoms with E-state index in [1.165, 1.54) is 250 Å². The van der Waals surface area contributed by atoms with Crippen molar-refractivity contribution < 1.29 is 89.4 Å². The SMILES string of the molecule is CCCCCCCCCCCCCCCCCCCCCCCCCCCCCCCCCCCC(O)C(COC1OC(CO)C(OC2OC(CO)C(OC3OC(CO)C(O)C(O)C3O)C(O)C2O)C(O)C1O)NC(=O)CCCCCCCCCCCCCCCC. The lowest BCUT2D eigenvalue weighted by Gasteiger charge is -2.48. The number of hydrogen-bond acceptors (Lipinski definition) is 18. The van der Waals surface area contributed by atoms with Crippen LogP contribution in [-0.2, 0) is 33.2 Å². The van der Waals surface area contributed by atoms with Crippen LogP contribution in [-0.4, -0.2) is 193 Å². The number of aliphatic hydroxyl groups excluding tert-OH is 11. The number of aliphatic hydroxyl groups is 11. The summed E-state index contributed by atoms with van der Waals surface area (Å²) in [6.45, 7) is 1.85. The van der Waals surface area contributed by atoms with Crippen molar-refractivity contribution in [3.05, 3.63) is 0 Å². The molecule has 3 fully saturated rings. The molecule has 17 unspecified atom stereocenters. The van der Waals surface area contributed by atoms with Gasteiger partial charge < -0.3 is 89.9 Å². The zero-order valence-corrected chi connectivity index (χ0v) is 58.1. The monoisotopic (exact) mass is 1320 g/mol. The molecule has 0 aromatic heterocycles. The smallest absolute Gasteiger partial charge is 0.220 e. The van der Waals surface area contributed by atoms with E-state index in [1.807, 2.05) is 0 Å². The van der Waals surface area contributed by atoms with Crippen LogP contribution in [0.3, 0.4) is 0 Å². The molecule has 0 saturated carbocycles. The molecule has 17 atom stereocenters. The Kier molecular flexibility index (Phi) is 51.4. The Balaban J connectivity index is 1.34. The molecule has 0 aromatic carbocycles. The second-order valence-corrected chi connectivity index (χ2v) is 27.8. The lowest BCUT2D eigenvalue weighted by atomic mass is 9.96. The molecule has 546 valence electrons. The number of ether oxygens (including phenoxy) is 6. The summed E-state index contributed by atoms with van der Waals surface area (Å²) in [6.07, 6.45) is 35.0. The predicted molar refractivity (Wildman–Crippen MR) is 361 cm³/mol. The Bertz CT molecular complexity index is 1670. The highest BCUT2D eigenvalue weighted by molar-refractivity contribution is 5.76. The minimum absolute atomic E-state index is 0.236. The molecule has 0 bridgehead atoms. The normalized spacial score (nSPS) is 27.6. The highest BCUT2D eigenvalue weighted by Crippen LogP contribution is 2.33. The minimum atomic E-state index is -1.97. The standard InChI is InChI=1S/C73H141NO18/c1-3-5-7-9-11-13-15-17-19-20-21-22-23-24-25-26-27-28-29-30-31-32-33-34-35-36-37-38-40-42-44-46-48-50-57(78)56(74-61(79)51-49-47-45-43-41-39-18-16-14-12-10-8-6-4-2)55-87-71-67(85)64(82)69(59(53-76)89-71)92-73-68(86)65(83)70(60(54-77)90-73)91-72-66(84)63(81)62(80)58(52-75)88-72/h56-60,62-73,75-78,80-86H,3-55H2,1-2H3,(H,74,79). The van der Waals surface area contributed by atoms with Crippen LogP contribution in [0.15, 0.2) is 0 Å². The van der Waals surface area contributed by atoms with Crippen LogP contribution in [0.25, 0.3) is 0 Å². The lowest BCUT2D eigenvalue weighted by Crippen LogP contribution is -2.66. The first-order valence-corrected chi connectivity index (χ1v) is 38.3. The molecule has 0 aromatic rings. The number of unbranched alkanes of at least 4 members (excludes halogenated alkanes) is 45. The van der Waals surface area contributed by atoms with Crippen LogP contribution in [0.2, 0.25) is 0 Å². The fourth-order valence-electron chi connectivity index (χ4n) is 13.5. The summed E-state index contributed by atoms with van der Waals surface area (Å²) >= 11 is 0. The first-order chi connectivity index (χ1) is 44.8. The first kappa shape index (κ1) is 85.0. The van der Waals surface area contributed by atoms with Gasteiger partial charge in [-0.05, 0) is 12.8 Å². The molecule has 3 heterocycles. The van der Waals surface area contributed by atoms with Crippen molar-refractivity contribution in [2.75, 3.05) is 26.4 Å². The Morgan fingerprint density at radius 3 is 0.946 bits per heavy atom. The van der Waals surface area contributed by atoms with E-state index >= 15 is 0 Å². The van der Waals surface area contributed by atoms with Gasteiger partial charge in [0.15, 0.2) is 18.9 Å². The van der Waals surface area contributed by atoms with Crippen molar-refractivity contribution in [2.45, 2.75) is 433 Å². The van der Waals surface area contributed by atoms with E-state index in [1.54, 1.807) is 0 Å². The van der Waals surface area contributed by atoms with Gasteiger partial charge in [-0.15, -0.1) is 0 Å². The van der Waals surface area contributed by atoms with Crippen LogP contribution in [0.4, 0.5) is 0 Å². The average Bonchev–Trinajstić information content (AvgIpc) is 0.811. The topological polar surface area (TPSA) is 307 Å². The third-order valence-electron chi connectivity index (χ3n) is 19.7. The Hall–Kier alpha value is -1.21. The number of rotatable bonds is 61. The molecule has 1 amide bonds. The first-order valence-electron chi connectivity index (χ1n) is 38.3. The molecule has 0 aliphatic carbocycles. The molecule has 0 spiro atoms. The van der Waals surface area contributed by atoms with Crippen molar-refractivity contribution in [1.29, 1.82) is 0 Å². The van der Waals surface area contributed by atoms with E-state index < -0.39 is 124 Å². The minimum Gasteiger partial charge on any atom is -0.394 e. The molecule has 12 N–H and O–H groups in total. The average molecular weight is 1320 g/mol. The van der Waals surface area contributed by atoms with E-state index in [0.29, 0.717) is 12.8 Å². The zero-order valence-electron chi connectivity index (χ0n) is 58.1. The number of carbonyl (C=O) groups excluding carboxylic acids is 1. The molecule has 0 radical (unpaired) electrons. The Labute approximate surface area is 557 Å². The highest BCUT2D eigenvalue weighted by Gasteiger charge is 2.53. The Morgan fingerprint density at radius 1 is 0.348 bits per heavy atom. The highest BCUT2D eigenvalue weighted by atomic mass is 16.8. The summed E-state index contributed by atoms with van der Waals surface area (Å²) in [5, 5.41) is 121. The number of amides is 1. The summed E-state index contributed by atoms with van der Waals surface area (Å²) in [6, 6.07) is -0.882. The van der Waals surface area contributed by atoms with Gasteiger partial charge in [0, 0.05) is 6.42 Å². The Morgan fingerprint density at radius 2 is 0.620 bits per heavy atom. The molecular weight excluding hydrogens is 1180 g/mol. The molecule has 19 nitrogen and oxygen atoms in total. The van der Waals surface area contributed by atoms with E-state index in [2.05, 4.69) is 19.2 Å². The van der Waals surface area contributed by atoms with Gasteiger partial charge in [0.1, 0.15) is 73.2 Å². The summed E-state index contributed by atoms with van der Waals surface area (Å²) < 4.78 is 34.5. The van der Waals surface area contributed by atoms with E-state index in [0.717, 1.165) is 44.9 Å². The summed E-state index contributed by atoms with van der Waals surface area (Å²) in [5.41, 5.74) is 0. The largest absolute Gasteiger partial charge is 0.394 e. The van der Waals surface area contributed by atoms with Gasteiger partial charge in [0.25, 0.3) is 0 Å². The second-order valence-electron chi connectivity index (χ2n) is 27.8. The van der Waals surface area contributed by atoms with Gasteiger partial charge in [-0.2, -0.15) is 0 Å². The van der Waals surface area contributed by atoms with Crippen molar-refractivity contribution in [3.8, 4) is 0 Å². The molecule has 3 rings (SSSR count).